The first-order valence-corrected chi connectivity index (χ1v) is 7.91. The van der Waals surface area contributed by atoms with Crippen LogP contribution in [-0.2, 0) is 10.0 Å². The Labute approximate surface area is 129 Å². The van der Waals surface area contributed by atoms with Gasteiger partial charge in [0.1, 0.15) is 4.60 Å². The van der Waals surface area contributed by atoms with Crippen molar-refractivity contribution in [2.75, 3.05) is 4.72 Å². The van der Waals surface area contributed by atoms with Crippen molar-refractivity contribution in [3.05, 3.63) is 46.3 Å². The van der Waals surface area contributed by atoms with Gasteiger partial charge in [0.2, 0.25) is 0 Å². The summed E-state index contributed by atoms with van der Waals surface area (Å²) in [5.74, 6) is -1.16. The molecule has 0 aliphatic heterocycles. The molecule has 0 aliphatic rings. The zero-order valence-electron chi connectivity index (χ0n) is 10.7. The van der Waals surface area contributed by atoms with Gasteiger partial charge < -0.3 is 5.11 Å². The molecule has 0 saturated heterocycles. The minimum atomic E-state index is -3.94. The normalized spacial score (nSPS) is 11.1. The zero-order chi connectivity index (χ0) is 15.6. The Morgan fingerprint density at radius 3 is 2.57 bits per heavy atom. The van der Waals surface area contributed by atoms with Crippen LogP contribution < -0.4 is 4.72 Å². The van der Waals surface area contributed by atoms with E-state index in [0.717, 1.165) is 6.07 Å². The molecule has 21 heavy (non-hydrogen) atoms. The number of nitrogens with zero attached hydrogens (tertiary/aromatic N) is 2. The topological polar surface area (TPSA) is 109 Å². The van der Waals surface area contributed by atoms with Gasteiger partial charge in [-0.25, -0.2) is 23.2 Å². The molecule has 7 nitrogen and oxygen atoms in total. The van der Waals surface area contributed by atoms with Crippen molar-refractivity contribution in [3.8, 4) is 0 Å². The average Bonchev–Trinajstić information content (AvgIpc) is 2.41. The van der Waals surface area contributed by atoms with E-state index >= 15 is 0 Å². The number of carboxylic acid groups (broad SMARTS) is 1. The molecular weight excluding hydrogens is 362 g/mol. The van der Waals surface area contributed by atoms with Gasteiger partial charge in [-0.3, -0.25) is 4.72 Å². The molecule has 1 aromatic carbocycles. The van der Waals surface area contributed by atoms with Gasteiger partial charge in [0.05, 0.1) is 22.9 Å². The van der Waals surface area contributed by atoms with Crippen molar-refractivity contribution >= 4 is 37.7 Å². The summed E-state index contributed by atoms with van der Waals surface area (Å²) in [4.78, 5) is 18.5. The summed E-state index contributed by atoms with van der Waals surface area (Å²) in [7, 11) is -3.94. The molecule has 1 heterocycles. The highest BCUT2D eigenvalue weighted by Gasteiger charge is 2.19. The van der Waals surface area contributed by atoms with Gasteiger partial charge in [-0.05, 0) is 40.5 Å². The number of benzene rings is 1. The largest absolute Gasteiger partial charge is 0.478 e. The van der Waals surface area contributed by atoms with Crippen LogP contribution in [0.15, 0.2) is 40.1 Å². The first-order valence-electron chi connectivity index (χ1n) is 5.64. The predicted molar refractivity (Wildman–Crippen MR) is 78.7 cm³/mol. The maximum atomic E-state index is 12.3. The van der Waals surface area contributed by atoms with Gasteiger partial charge in [-0.15, -0.1) is 0 Å². The molecule has 0 atom stereocenters. The number of hydrogen-bond donors (Lipinski definition) is 2. The van der Waals surface area contributed by atoms with E-state index in [1.807, 2.05) is 0 Å². The van der Waals surface area contributed by atoms with Gasteiger partial charge in [0.25, 0.3) is 10.0 Å². The van der Waals surface area contributed by atoms with Crippen LogP contribution in [0.1, 0.15) is 15.9 Å². The lowest BCUT2D eigenvalue weighted by atomic mass is 10.1. The van der Waals surface area contributed by atoms with Crippen molar-refractivity contribution in [2.24, 2.45) is 0 Å². The Bertz CT molecular complexity index is 791. The summed E-state index contributed by atoms with van der Waals surface area (Å²) in [6.07, 6.45) is 2.59. The van der Waals surface area contributed by atoms with E-state index in [0.29, 0.717) is 10.2 Å². The highest BCUT2D eigenvalue weighted by molar-refractivity contribution is 9.10. The lowest BCUT2D eigenvalue weighted by Gasteiger charge is -2.10. The summed E-state index contributed by atoms with van der Waals surface area (Å²) >= 11 is 3.09. The van der Waals surface area contributed by atoms with Crippen molar-refractivity contribution in [2.45, 2.75) is 11.8 Å². The fraction of sp³-hybridized carbons (Fsp3) is 0.0833. The van der Waals surface area contributed by atoms with Crippen molar-refractivity contribution in [1.82, 2.24) is 9.97 Å². The van der Waals surface area contributed by atoms with Crippen LogP contribution in [0.4, 0.5) is 5.82 Å². The molecule has 110 valence electrons. The number of carbonyl (C=O) groups is 1. The molecule has 2 aromatic rings. The first-order chi connectivity index (χ1) is 9.79. The molecule has 0 spiro atoms. The minimum absolute atomic E-state index is 0.0401. The SMILES string of the molecule is Cc1ccc(C(=O)O)cc1S(=O)(=O)Nc1cnc(Br)cn1. The molecular formula is C12H10BrN3O4S. The standard InChI is InChI=1S/C12H10BrN3O4S/c1-7-2-3-8(12(17)18)4-9(7)21(19,20)16-11-6-14-10(13)5-15-11/h2-6H,1H3,(H,15,16)(H,17,18). The highest BCUT2D eigenvalue weighted by atomic mass is 79.9. The number of nitrogens with one attached hydrogen (secondary N) is 1. The van der Waals surface area contributed by atoms with Gasteiger partial charge in [-0.1, -0.05) is 6.07 Å². The molecule has 0 fully saturated rings. The maximum Gasteiger partial charge on any atom is 0.335 e. The number of halogens is 1. The number of hydrogen-bond acceptors (Lipinski definition) is 5. The second-order valence-electron chi connectivity index (χ2n) is 4.12. The smallest absolute Gasteiger partial charge is 0.335 e. The fourth-order valence-corrected chi connectivity index (χ4v) is 3.05. The van der Waals surface area contributed by atoms with Crippen molar-refractivity contribution in [1.29, 1.82) is 0 Å². The number of carboxylic acids is 1. The average molecular weight is 372 g/mol. The molecule has 0 amide bonds. The van der Waals surface area contributed by atoms with E-state index in [4.69, 9.17) is 5.11 Å². The molecule has 0 unspecified atom stereocenters. The Kier molecular flexibility index (Phi) is 4.24. The summed E-state index contributed by atoms with van der Waals surface area (Å²) in [6, 6.07) is 3.88. The van der Waals surface area contributed by atoms with Gasteiger partial charge >= 0.3 is 5.97 Å². The summed E-state index contributed by atoms with van der Waals surface area (Å²) in [6.45, 7) is 1.58. The number of aromatic nitrogens is 2. The van der Waals surface area contributed by atoms with E-state index in [2.05, 4.69) is 30.6 Å². The van der Waals surface area contributed by atoms with Crippen LogP contribution in [0.2, 0.25) is 0 Å². The lowest BCUT2D eigenvalue weighted by molar-refractivity contribution is 0.0696. The molecule has 1 aromatic heterocycles. The fourth-order valence-electron chi connectivity index (χ4n) is 1.58. The van der Waals surface area contributed by atoms with Crippen LogP contribution >= 0.6 is 15.9 Å². The third-order valence-corrected chi connectivity index (χ3v) is 4.49. The van der Waals surface area contributed by atoms with E-state index < -0.39 is 16.0 Å². The molecule has 0 saturated carbocycles. The summed E-state index contributed by atoms with van der Waals surface area (Å²) in [5, 5.41) is 8.94. The second-order valence-corrected chi connectivity index (χ2v) is 6.58. The highest BCUT2D eigenvalue weighted by Crippen LogP contribution is 2.20. The molecule has 2 rings (SSSR count). The third kappa shape index (κ3) is 3.56. The van der Waals surface area contributed by atoms with E-state index in [1.54, 1.807) is 6.92 Å². The maximum absolute atomic E-state index is 12.3. The van der Waals surface area contributed by atoms with Crippen molar-refractivity contribution in [3.63, 3.8) is 0 Å². The number of sulfonamides is 1. The number of anilines is 1. The number of aromatic carboxylic acids is 1. The number of aryl methyl sites for hydroxylation is 1. The molecule has 9 heteroatoms. The lowest BCUT2D eigenvalue weighted by Crippen LogP contribution is -2.16. The van der Waals surface area contributed by atoms with Crippen LogP contribution in [-0.4, -0.2) is 29.5 Å². The Hall–Kier alpha value is -2.00. The van der Waals surface area contributed by atoms with Crippen LogP contribution in [0.25, 0.3) is 0 Å². The van der Waals surface area contributed by atoms with Gasteiger partial charge in [0.15, 0.2) is 5.82 Å². The van der Waals surface area contributed by atoms with E-state index in [9.17, 15) is 13.2 Å². The zero-order valence-corrected chi connectivity index (χ0v) is 13.1. The Morgan fingerprint density at radius 2 is 2.00 bits per heavy atom. The second kappa shape index (κ2) is 5.78. The monoisotopic (exact) mass is 371 g/mol. The summed E-state index contributed by atoms with van der Waals surface area (Å²) in [5.41, 5.74) is 0.320. The molecule has 2 N–H and O–H groups in total. The van der Waals surface area contributed by atoms with Gasteiger partial charge in [0, 0.05) is 0 Å². The predicted octanol–water partition coefficient (Wildman–Crippen LogP) is 2.05. The van der Waals surface area contributed by atoms with Crippen LogP contribution in [0.3, 0.4) is 0 Å². The number of rotatable bonds is 4. The van der Waals surface area contributed by atoms with E-state index in [1.165, 1.54) is 24.5 Å². The summed E-state index contributed by atoms with van der Waals surface area (Å²) < 4.78 is 27.3. The van der Waals surface area contributed by atoms with Crippen LogP contribution in [0, 0.1) is 6.92 Å². The van der Waals surface area contributed by atoms with E-state index in [-0.39, 0.29) is 16.3 Å². The molecule has 0 bridgehead atoms. The minimum Gasteiger partial charge on any atom is -0.478 e. The van der Waals surface area contributed by atoms with Gasteiger partial charge in [-0.2, -0.15) is 0 Å². The van der Waals surface area contributed by atoms with Crippen molar-refractivity contribution < 1.29 is 18.3 Å². The molecule has 0 aliphatic carbocycles. The molecule has 0 radical (unpaired) electrons. The Morgan fingerprint density at radius 1 is 1.29 bits per heavy atom. The Balaban J connectivity index is 2.41. The quantitative estimate of drug-likeness (QED) is 0.850. The first kappa shape index (κ1) is 15.4. The third-order valence-electron chi connectivity index (χ3n) is 2.58. The van der Waals surface area contributed by atoms with Crippen LogP contribution in [0.5, 0.6) is 0 Å².